The summed E-state index contributed by atoms with van der Waals surface area (Å²) in [6.45, 7) is 0. The Morgan fingerprint density at radius 1 is 1.00 bits per heavy atom. The van der Waals surface area contributed by atoms with E-state index in [-0.39, 0.29) is 0 Å². The van der Waals surface area contributed by atoms with Gasteiger partial charge in [-0.3, -0.25) is 4.79 Å². The Labute approximate surface area is 109 Å². The van der Waals surface area contributed by atoms with Crippen LogP contribution in [0.15, 0.2) is 42.5 Å². The van der Waals surface area contributed by atoms with Gasteiger partial charge in [-0.2, -0.15) is 0 Å². The number of carbonyl (C=O) groups excluding carboxylic acids is 1. The first kappa shape index (κ1) is 12.0. The molecular formula is C13H9Cl2NO. The van der Waals surface area contributed by atoms with Crippen molar-refractivity contribution in [3.8, 4) is 11.1 Å². The number of rotatable bonds is 2. The lowest BCUT2D eigenvalue weighted by atomic mass is 10.0. The van der Waals surface area contributed by atoms with E-state index >= 15 is 0 Å². The number of carbonyl (C=O) groups is 1. The first-order valence-electron chi connectivity index (χ1n) is 4.94. The average molecular weight is 266 g/mol. The molecular weight excluding hydrogens is 257 g/mol. The van der Waals surface area contributed by atoms with E-state index in [4.69, 9.17) is 28.9 Å². The fourth-order valence-corrected chi connectivity index (χ4v) is 2.22. The summed E-state index contributed by atoms with van der Waals surface area (Å²) in [5.41, 5.74) is 7.14. The monoisotopic (exact) mass is 265 g/mol. The lowest BCUT2D eigenvalue weighted by Gasteiger charge is -2.07. The molecule has 2 rings (SSSR count). The predicted octanol–water partition coefficient (Wildman–Crippen LogP) is 3.76. The van der Waals surface area contributed by atoms with Crippen LogP contribution in [-0.2, 0) is 0 Å². The first-order valence-corrected chi connectivity index (χ1v) is 5.69. The van der Waals surface area contributed by atoms with Gasteiger partial charge in [0.2, 0.25) is 5.91 Å². The maximum absolute atomic E-state index is 11.1. The number of halogens is 2. The second-order valence-corrected chi connectivity index (χ2v) is 4.36. The molecule has 0 saturated heterocycles. The zero-order chi connectivity index (χ0) is 12.4. The molecule has 2 aromatic rings. The molecule has 0 aliphatic heterocycles. The topological polar surface area (TPSA) is 43.1 Å². The van der Waals surface area contributed by atoms with Crippen molar-refractivity contribution in [2.75, 3.05) is 0 Å². The van der Waals surface area contributed by atoms with E-state index in [2.05, 4.69) is 0 Å². The highest BCUT2D eigenvalue weighted by atomic mass is 35.5. The number of nitrogens with two attached hydrogens (primary N) is 1. The van der Waals surface area contributed by atoms with E-state index in [1.807, 2.05) is 6.07 Å². The molecule has 2 aromatic carbocycles. The largest absolute Gasteiger partial charge is 0.366 e. The molecule has 0 aliphatic rings. The Morgan fingerprint density at radius 2 is 1.59 bits per heavy atom. The van der Waals surface area contributed by atoms with E-state index in [1.165, 1.54) is 0 Å². The number of hydrogen-bond acceptors (Lipinski definition) is 1. The second kappa shape index (κ2) is 4.78. The van der Waals surface area contributed by atoms with Crippen molar-refractivity contribution in [1.29, 1.82) is 0 Å². The smallest absolute Gasteiger partial charge is 0.248 e. The normalized spacial score (nSPS) is 10.2. The zero-order valence-corrected chi connectivity index (χ0v) is 10.3. The Balaban J connectivity index is 2.61. The van der Waals surface area contributed by atoms with Crippen molar-refractivity contribution in [3.63, 3.8) is 0 Å². The third-order valence-corrected chi connectivity index (χ3v) is 3.03. The fraction of sp³-hybridized carbons (Fsp3) is 0. The van der Waals surface area contributed by atoms with Crippen LogP contribution in [0.1, 0.15) is 10.4 Å². The van der Waals surface area contributed by atoms with Crippen molar-refractivity contribution >= 4 is 29.1 Å². The molecule has 0 radical (unpaired) electrons. The standard InChI is InChI=1S/C13H9Cl2NO/c14-10-5-2-6-11(15)12(10)8-3-1-4-9(7-8)13(16)17/h1-7H,(H2,16,17). The number of hydrogen-bond donors (Lipinski definition) is 1. The maximum atomic E-state index is 11.1. The quantitative estimate of drug-likeness (QED) is 0.883. The summed E-state index contributed by atoms with van der Waals surface area (Å²) in [5.74, 6) is -0.477. The van der Waals surface area contributed by atoms with Gasteiger partial charge < -0.3 is 5.73 Å². The predicted molar refractivity (Wildman–Crippen MR) is 70.4 cm³/mol. The highest BCUT2D eigenvalue weighted by Gasteiger charge is 2.09. The summed E-state index contributed by atoms with van der Waals surface area (Å²) in [5, 5.41) is 1.08. The van der Waals surface area contributed by atoms with Gasteiger partial charge in [0, 0.05) is 21.2 Å². The molecule has 17 heavy (non-hydrogen) atoms. The van der Waals surface area contributed by atoms with E-state index < -0.39 is 5.91 Å². The van der Waals surface area contributed by atoms with E-state index in [0.717, 1.165) is 5.56 Å². The third kappa shape index (κ3) is 2.43. The number of benzene rings is 2. The van der Waals surface area contributed by atoms with Gasteiger partial charge in [0.05, 0.1) is 0 Å². The van der Waals surface area contributed by atoms with Crippen LogP contribution in [-0.4, -0.2) is 5.91 Å². The van der Waals surface area contributed by atoms with Crippen LogP contribution >= 0.6 is 23.2 Å². The molecule has 86 valence electrons. The summed E-state index contributed by atoms with van der Waals surface area (Å²) in [6.07, 6.45) is 0. The molecule has 0 spiro atoms. The molecule has 0 unspecified atom stereocenters. The van der Waals surface area contributed by atoms with Gasteiger partial charge in [-0.1, -0.05) is 41.4 Å². The molecule has 0 heterocycles. The minimum Gasteiger partial charge on any atom is -0.366 e. The molecule has 0 saturated carbocycles. The van der Waals surface area contributed by atoms with E-state index in [9.17, 15) is 4.79 Å². The Kier molecular flexibility index (Phi) is 3.36. The Hall–Kier alpha value is -1.51. The molecule has 2 nitrogen and oxygen atoms in total. The van der Waals surface area contributed by atoms with Gasteiger partial charge in [0.25, 0.3) is 0 Å². The fourth-order valence-electron chi connectivity index (χ4n) is 1.60. The van der Waals surface area contributed by atoms with Crippen LogP contribution in [0.25, 0.3) is 11.1 Å². The molecule has 0 bridgehead atoms. The minimum absolute atomic E-state index is 0.429. The highest BCUT2D eigenvalue weighted by molar-refractivity contribution is 6.39. The summed E-state index contributed by atoms with van der Waals surface area (Å²) in [7, 11) is 0. The van der Waals surface area contributed by atoms with Crippen molar-refractivity contribution in [3.05, 3.63) is 58.1 Å². The van der Waals surface area contributed by atoms with Gasteiger partial charge >= 0.3 is 0 Å². The minimum atomic E-state index is -0.477. The molecule has 0 fully saturated rings. The second-order valence-electron chi connectivity index (χ2n) is 3.54. The summed E-state index contributed by atoms with van der Waals surface area (Å²) in [4.78, 5) is 11.1. The molecule has 4 heteroatoms. The molecule has 0 aromatic heterocycles. The van der Waals surface area contributed by atoms with Crippen molar-refractivity contribution in [2.24, 2.45) is 5.73 Å². The van der Waals surface area contributed by atoms with Gasteiger partial charge in [0.15, 0.2) is 0 Å². The lowest BCUT2D eigenvalue weighted by Crippen LogP contribution is -2.10. The molecule has 0 aliphatic carbocycles. The molecule has 0 atom stereocenters. The summed E-state index contributed by atoms with van der Waals surface area (Å²) < 4.78 is 0. The first-order chi connectivity index (χ1) is 8.09. The van der Waals surface area contributed by atoms with E-state index in [0.29, 0.717) is 21.2 Å². The van der Waals surface area contributed by atoms with Crippen LogP contribution in [0.4, 0.5) is 0 Å². The maximum Gasteiger partial charge on any atom is 0.248 e. The van der Waals surface area contributed by atoms with Crippen LogP contribution in [0.5, 0.6) is 0 Å². The van der Waals surface area contributed by atoms with Crippen molar-refractivity contribution in [2.45, 2.75) is 0 Å². The van der Waals surface area contributed by atoms with Crippen LogP contribution in [0, 0.1) is 0 Å². The lowest BCUT2D eigenvalue weighted by molar-refractivity contribution is 0.100. The Morgan fingerprint density at radius 3 is 2.18 bits per heavy atom. The van der Waals surface area contributed by atoms with E-state index in [1.54, 1.807) is 36.4 Å². The molecule has 1 amide bonds. The van der Waals surface area contributed by atoms with Crippen molar-refractivity contribution < 1.29 is 4.79 Å². The zero-order valence-electron chi connectivity index (χ0n) is 8.78. The van der Waals surface area contributed by atoms with Crippen molar-refractivity contribution in [1.82, 2.24) is 0 Å². The third-order valence-electron chi connectivity index (χ3n) is 2.40. The SMILES string of the molecule is NC(=O)c1cccc(-c2c(Cl)cccc2Cl)c1. The highest BCUT2D eigenvalue weighted by Crippen LogP contribution is 2.34. The van der Waals surface area contributed by atoms with Gasteiger partial charge in [0.1, 0.15) is 0 Å². The average Bonchev–Trinajstić information content (AvgIpc) is 2.29. The molecule has 2 N–H and O–H groups in total. The van der Waals surface area contributed by atoms with Crippen LogP contribution in [0.2, 0.25) is 10.0 Å². The summed E-state index contributed by atoms with van der Waals surface area (Å²) in [6, 6.07) is 12.2. The number of primary amides is 1. The number of amides is 1. The van der Waals surface area contributed by atoms with Gasteiger partial charge in [-0.05, 0) is 29.8 Å². The van der Waals surface area contributed by atoms with Gasteiger partial charge in [-0.25, -0.2) is 0 Å². The Bertz CT molecular complexity index is 561. The van der Waals surface area contributed by atoms with Gasteiger partial charge in [-0.15, -0.1) is 0 Å². The summed E-state index contributed by atoms with van der Waals surface area (Å²) >= 11 is 12.2. The van der Waals surface area contributed by atoms with Crippen LogP contribution in [0.3, 0.4) is 0 Å². The van der Waals surface area contributed by atoms with Crippen LogP contribution < -0.4 is 5.73 Å².